The minimum atomic E-state index is -0.621. The van der Waals surface area contributed by atoms with E-state index in [-0.39, 0.29) is 0 Å². The Labute approximate surface area is 116 Å². The van der Waals surface area contributed by atoms with Gasteiger partial charge in [0.05, 0.1) is 11.1 Å². The fourth-order valence-electron chi connectivity index (χ4n) is 2.10. The second-order valence-corrected chi connectivity index (χ2v) is 6.14. The molecule has 3 nitrogen and oxygen atoms in total. The average Bonchev–Trinajstić information content (AvgIpc) is 2.36. The van der Waals surface area contributed by atoms with E-state index in [2.05, 4.69) is 6.07 Å². The van der Waals surface area contributed by atoms with Crippen LogP contribution in [0.15, 0.2) is 29.2 Å². The van der Waals surface area contributed by atoms with E-state index in [1.165, 1.54) is 11.8 Å². The van der Waals surface area contributed by atoms with Gasteiger partial charge >= 0.3 is 0 Å². The van der Waals surface area contributed by atoms with Gasteiger partial charge in [-0.25, -0.2) is 0 Å². The van der Waals surface area contributed by atoms with Crippen LogP contribution >= 0.6 is 23.4 Å². The third kappa shape index (κ3) is 2.36. The average molecular weight is 284 g/mol. The summed E-state index contributed by atoms with van der Waals surface area (Å²) in [5.41, 5.74) is 0. The molecule has 0 aromatic heterocycles. The molecule has 0 N–H and O–H groups in total. The molecule has 0 saturated heterocycles. The summed E-state index contributed by atoms with van der Waals surface area (Å²) in [5, 5.41) is 10.1. The molecule has 0 unspecified atom stereocenters. The highest BCUT2D eigenvalue weighted by Crippen LogP contribution is 2.55. The van der Waals surface area contributed by atoms with Crippen molar-refractivity contribution >= 4 is 23.4 Å². The lowest BCUT2D eigenvalue weighted by Crippen LogP contribution is -2.56. The summed E-state index contributed by atoms with van der Waals surface area (Å²) in [6.07, 6.45) is 1.08. The van der Waals surface area contributed by atoms with Crippen LogP contribution in [0.1, 0.15) is 12.8 Å². The Hall–Kier alpha value is -0.730. The van der Waals surface area contributed by atoms with Crippen molar-refractivity contribution in [3.05, 3.63) is 29.3 Å². The number of ether oxygens (including phenoxy) is 2. The summed E-state index contributed by atoms with van der Waals surface area (Å²) in [6, 6.07) is 9.90. The number of benzene rings is 1. The van der Waals surface area contributed by atoms with Gasteiger partial charge in [0.25, 0.3) is 0 Å². The largest absolute Gasteiger partial charge is 0.353 e. The van der Waals surface area contributed by atoms with Gasteiger partial charge in [0.2, 0.25) is 0 Å². The van der Waals surface area contributed by atoms with Gasteiger partial charge in [-0.3, -0.25) is 0 Å². The van der Waals surface area contributed by atoms with Gasteiger partial charge in [-0.1, -0.05) is 23.7 Å². The maximum Gasteiger partial charge on any atom is 0.172 e. The van der Waals surface area contributed by atoms with E-state index in [4.69, 9.17) is 21.1 Å². The molecule has 0 spiro atoms. The molecule has 2 rings (SSSR count). The maximum atomic E-state index is 9.39. The molecular formula is C13H14ClNO2S. The van der Waals surface area contributed by atoms with Gasteiger partial charge in [-0.05, 0) is 12.1 Å². The van der Waals surface area contributed by atoms with Gasteiger partial charge in [0.15, 0.2) is 5.79 Å². The predicted octanol–water partition coefficient (Wildman–Crippen LogP) is 3.48. The lowest BCUT2D eigenvalue weighted by atomic mass is 9.78. The number of halogens is 1. The van der Waals surface area contributed by atoms with E-state index in [1.54, 1.807) is 14.2 Å². The lowest BCUT2D eigenvalue weighted by Gasteiger charge is -2.49. The lowest BCUT2D eigenvalue weighted by molar-refractivity contribution is -0.255. The molecule has 1 aliphatic rings. The summed E-state index contributed by atoms with van der Waals surface area (Å²) in [7, 11) is 3.20. The van der Waals surface area contributed by atoms with Crippen LogP contribution in [0, 0.1) is 11.3 Å². The van der Waals surface area contributed by atoms with E-state index in [1.807, 2.05) is 24.3 Å². The smallest absolute Gasteiger partial charge is 0.172 e. The molecule has 0 atom stereocenters. The summed E-state index contributed by atoms with van der Waals surface area (Å²) >= 11 is 7.60. The molecular weight excluding hydrogens is 270 g/mol. The van der Waals surface area contributed by atoms with Crippen LogP contribution in [-0.4, -0.2) is 24.8 Å². The predicted molar refractivity (Wildman–Crippen MR) is 71.6 cm³/mol. The summed E-state index contributed by atoms with van der Waals surface area (Å²) in [5.74, 6) is -0.621. The first kappa shape index (κ1) is 13.7. The zero-order valence-corrected chi connectivity index (χ0v) is 11.8. The fourth-order valence-corrected chi connectivity index (χ4v) is 3.72. The van der Waals surface area contributed by atoms with Crippen molar-refractivity contribution in [2.24, 2.45) is 0 Å². The van der Waals surface area contributed by atoms with E-state index < -0.39 is 10.5 Å². The molecule has 1 aliphatic carbocycles. The number of hydrogen-bond acceptors (Lipinski definition) is 4. The van der Waals surface area contributed by atoms with Crippen LogP contribution in [0.3, 0.4) is 0 Å². The minimum absolute atomic E-state index is 0.517. The number of nitrogens with zero attached hydrogens (tertiary/aromatic N) is 1. The first-order chi connectivity index (χ1) is 8.59. The Morgan fingerprint density at radius 3 is 2.39 bits per heavy atom. The van der Waals surface area contributed by atoms with Crippen LogP contribution in [0.25, 0.3) is 0 Å². The van der Waals surface area contributed by atoms with Gasteiger partial charge in [0, 0.05) is 32.0 Å². The van der Waals surface area contributed by atoms with E-state index in [9.17, 15) is 5.26 Å². The van der Waals surface area contributed by atoms with Crippen molar-refractivity contribution in [2.75, 3.05) is 14.2 Å². The van der Waals surface area contributed by atoms with Crippen LogP contribution < -0.4 is 0 Å². The zero-order chi connectivity index (χ0) is 13.2. The number of nitriles is 1. The zero-order valence-electron chi connectivity index (χ0n) is 10.3. The van der Waals surface area contributed by atoms with Crippen molar-refractivity contribution in [3.8, 4) is 6.07 Å². The van der Waals surface area contributed by atoms with Crippen molar-refractivity contribution in [2.45, 2.75) is 28.3 Å². The van der Waals surface area contributed by atoms with Crippen LogP contribution in [-0.2, 0) is 9.47 Å². The Morgan fingerprint density at radius 1 is 1.28 bits per heavy atom. The van der Waals surface area contributed by atoms with Crippen LogP contribution in [0.4, 0.5) is 0 Å². The Kier molecular flexibility index (Phi) is 3.88. The molecule has 0 bridgehead atoms. The summed E-state index contributed by atoms with van der Waals surface area (Å²) < 4.78 is 10.1. The molecule has 96 valence electrons. The molecule has 1 fully saturated rings. The van der Waals surface area contributed by atoms with Gasteiger partial charge in [-0.15, -0.1) is 11.8 Å². The van der Waals surface area contributed by atoms with E-state index >= 15 is 0 Å². The van der Waals surface area contributed by atoms with Gasteiger partial charge in [-0.2, -0.15) is 5.26 Å². The molecule has 1 aromatic rings. The number of rotatable bonds is 4. The highest BCUT2D eigenvalue weighted by atomic mass is 35.5. The minimum Gasteiger partial charge on any atom is -0.353 e. The Bertz CT molecular complexity index is 474. The third-order valence-corrected chi connectivity index (χ3v) is 4.99. The first-order valence-electron chi connectivity index (χ1n) is 5.54. The van der Waals surface area contributed by atoms with E-state index in [0.29, 0.717) is 17.9 Å². The molecule has 1 saturated carbocycles. The van der Waals surface area contributed by atoms with Crippen LogP contribution in [0.5, 0.6) is 0 Å². The topological polar surface area (TPSA) is 42.2 Å². The molecule has 18 heavy (non-hydrogen) atoms. The van der Waals surface area contributed by atoms with Gasteiger partial charge < -0.3 is 9.47 Å². The highest BCUT2D eigenvalue weighted by molar-refractivity contribution is 8.01. The van der Waals surface area contributed by atoms with Crippen molar-refractivity contribution < 1.29 is 9.47 Å². The van der Waals surface area contributed by atoms with Crippen molar-refractivity contribution in [3.63, 3.8) is 0 Å². The van der Waals surface area contributed by atoms with E-state index in [0.717, 1.165) is 4.90 Å². The number of thioether (sulfide) groups is 1. The molecule has 1 aromatic carbocycles. The first-order valence-corrected chi connectivity index (χ1v) is 6.73. The fraction of sp³-hybridized carbons (Fsp3) is 0.462. The Balaban J connectivity index is 2.14. The highest BCUT2D eigenvalue weighted by Gasteiger charge is 2.57. The molecule has 5 heteroatoms. The second kappa shape index (κ2) is 5.10. The maximum absolute atomic E-state index is 9.39. The molecule has 0 aliphatic heterocycles. The molecule has 0 radical (unpaired) electrons. The Morgan fingerprint density at radius 2 is 1.89 bits per heavy atom. The normalized spacial score (nSPS) is 19.9. The summed E-state index contributed by atoms with van der Waals surface area (Å²) in [4.78, 5) is 0.918. The monoisotopic (exact) mass is 283 g/mol. The van der Waals surface area contributed by atoms with Crippen molar-refractivity contribution in [1.29, 1.82) is 5.26 Å². The number of methoxy groups -OCH3 is 2. The molecule has 0 amide bonds. The van der Waals surface area contributed by atoms with Crippen LogP contribution in [0.2, 0.25) is 5.02 Å². The molecule has 0 heterocycles. The van der Waals surface area contributed by atoms with Gasteiger partial charge in [0.1, 0.15) is 4.75 Å². The standard InChI is InChI=1S/C13H14ClNO2S/c1-16-13(17-2)7-12(8-13,9-15)18-11-6-4-3-5-10(11)14/h3-6H,7-8H2,1-2H3. The quantitative estimate of drug-likeness (QED) is 0.794. The van der Waals surface area contributed by atoms with Crippen molar-refractivity contribution in [1.82, 2.24) is 0 Å². The summed E-state index contributed by atoms with van der Waals surface area (Å²) in [6.45, 7) is 0. The SMILES string of the molecule is COC1(OC)CC(C#N)(Sc2ccccc2Cl)C1. The second-order valence-electron chi connectivity index (χ2n) is 4.31. The third-order valence-electron chi connectivity index (χ3n) is 3.20. The number of hydrogen-bond donors (Lipinski definition) is 0.